The molecule has 2 heterocycles. The second kappa shape index (κ2) is 8.66. The molecule has 1 amide bonds. The maximum absolute atomic E-state index is 12.1. The predicted octanol–water partition coefficient (Wildman–Crippen LogP) is 2.93. The third kappa shape index (κ3) is 6.36. The van der Waals surface area contributed by atoms with Gasteiger partial charge in [0.2, 0.25) is 5.91 Å². The molecule has 2 fully saturated rings. The topological polar surface area (TPSA) is 26.8 Å². The van der Waals surface area contributed by atoms with Gasteiger partial charge < -0.3 is 14.7 Å². The summed E-state index contributed by atoms with van der Waals surface area (Å²) in [5.74, 6) is 1.26. The summed E-state index contributed by atoms with van der Waals surface area (Å²) < 4.78 is 0. The molecule has 2 aliphatic rings. The Labute approximate surface area is 149 Å². The van der Waals surface area contributed by atoms with Crippen molar-refractivity contribution in [1.29, 1.82) is 0 Å². The fourth-order valence-electron chi connectivity index (χ4n) is 3.76. The van der Waals surface area contributed by atoms with Crippen LogP contribution in [0.4, 0.5) is 0 Å². The van der Waals surface area contributed by atoms with Gasteiger partial charge in [-0.15, -0.1) is 0 Å². The van der Waals surface area contributed by atoms with E-state index in [4.69, 9.17) is 0 Å². The molecule has 0 N–H and O–H groups in total. The summed E-state index contributed by atoms with van der Waals surface area (Å²) in [6.07, 6.45) is 3.65. The van der Waals surface area contributed by atoms with E-state index < -0.39 is 0 Å². The van der Waals surface area contributed by atoms with Gasteiger partial charge in [-0.05, 0) is 37.1 Å². The van der Waals surface area contributed by atoms with Crippen LogP contribution in [0.15, 0.2) is 0 Å². The predicted molar refractivity (Wildman–Crippen MR) is 101 cm³/mol. The second-order valence-electron chi connectivity index (χ2n) is 9.38. The lowest BCUT2D eigenvalue weighted by molar-refractivity contribution is -0.135. The molecule has 0 bridgehead atoms. The minimum atomic E-state index is 0.141. The Bertz CT molecular complexity index is 386. The van der Waals surface area contributed by atoms with Gasteiger partial charge in [0.15, 0.2) is 0 Å². The van der Waals surface area contributed by atoms with E-state index in [2.05, 4.69) is 35.5 Å². The summed E-state index contributed by atoms with van der Waals surface area (Å²) in [7, 11) is 0. The molecule has 0 aromatic rings. The van der Waals surface area contributed by atoms with Gasteiger partial charge in [0.1, 0.15) is 0 Å². The average molecular weight is 338 g/mol. The van der Waals surface area contributed by atoms with Gasteiger partial charge in [0.05, 0.1) is 0 Å². The van der Waals surface area contributed by atoms with Crippen molar-refractivity contribution < 1.29 is 4.79 Å². The number of piperidine rings is 1. The minimum Gasteiger partial charge on any atom is -0.342 e. The fourth-order valence-corrected chi connectivity index (χ4v) is 3.76. The molecule has 0 atom stereocenters. The van der Waals surface area contributed by atoms with Crippen LogP contribution in [0.1, 0.15) is 53.9 Å². The molecular formula is C20H39N3O. The molecule has 4 heteroatoms. The lowest BCUT2D eigenvalue weighted by Gasteiger charge is -2.39. The first-order valence-corrected chi connectivity index (χ1v) is 9.98. The van der Waals surface area contributed by atoms with E-state index in [1.54, 1.807) is 0 Å². The Morgan fingerprint density at radius 3 is 2.00 bits per heavy atom. The van der Waals surface area contributed by atoms with Crippen LogP contribution in [-0.4, -0.2) is 73.0 Å². The maximum atomic E-state index is 12.1. The molecule has 140 valence electrons. The van der Waals surface area contributed by atoms with Gasteiger partial charge in [-0.3, -0.25) is 4.79 Å². The largest absolute Gasteiger partial charge is 0.342 e. The van der Waals surface area contributed by atoms with Gasteiger partial charge in [0, 0.05) is 51.7 Å². The molecule has 2 saturated heterocycles. The van der Waals surface area contributed by atoms with Crippen molar-refractivity contribution in [3.63, 3.8) is 0 Å². The van der Waals surface area contributed by atoms with Crippen molar-refractivity contribution in [2.24, 2.45) is 17.3 Å². The van der Waals surface area contributed by atoms with E-state index in [9.17, 15) is 4.79 Å². The average Bonchev–Trinajstić information content (AvgIpc) is 2.53. The van der Waals surface area contributed by atoms with E-state index in [1.165, 1.54) is 58.5 Å². The van der Waals surface area contributed by atoms with Gasteiger partial charge in [-0.25, -0.2) is 0 Å². The summed E-state index contributed by atoms with van der Waals surface area (Å²) >= 11 is 0. The molecule has 24 heavy (non-hydrogen) atoms. The van der Waals surface area contributed by atoms with Crippen molar-refractivity contribution in [3.8, 4) is 0 Å². The van der Waals surface area contributed by atoms with Crippen molar-refractivity contribution in [1.82, 2.24) is 14.7 Å². The van der Waals surface area contributed by atoms with Crippen LogP contribution in [0.3, 0.4) is 0 Å². The molecule has 0 radical (unpaired) electrons. The minimum absolute atomic E-state index is 0.141. The van der Waals surface area contributed by atoms with Crippen LogP contribution in [0, 0.1) is 17.3 Å². The number of carbonyl (C=O) groups excluding carboxylic acids is 1. The van der Waals surface area contributed by atoms with E-state index >= 15 is 0 Å². The Morgan fingerprint density at radius 1 is 0.958 bits per heavy atom. The van der Waals surface area contributed by atoms with E-state index in [0.717, 1.165) is 19.0 Å². The van der Waals surface area contributed by atoms with E-state index in [-0.39, 0.29) is 5.92 Å². The number of amides is 1. The zero-order chi connectivity index (χ0) is 17.7. The van der Waals surface area contributed by atoms with Crippen molar-refractivity contribution in [2.45, 2.75) is 53.9 Å². The number of hydrogen-bond donors (Lipinski definition) is 0. The SMILES string of the molecule is CC(C)C(=O)N1CCC(CN2CCN(CCC(C)(C)C)CC2)CC1. The summed E-state index contributed by atoms with van der Waals surface area (Å²) in [5.41, 5.74) is 0.443. The number of nitrogens with zero attached hydrogens (tertiary/aromatic N) is 3. The van der Waals surface area contributed by atoms with E-state index in [0.29, 0.717) is 11.3 Å². The highest BCUT2D eigenvalue weighted by Gasteiger charge is 2.26. The van der Waals surface area contributed by atoms with Crippen LogP contribution in [0.25, 0.3) is 0 Å². The second-order valence-corrected chi connectivity index (χ2v) is 9.38. The van der Waals surface area contributed by atoms with Crippen molar-refractivity contribution in [2.75, 3.05) is 52.4 Å². The zero-order valence-corrected chi connectivity index (χ0v) is 16.7. The molecule has 0 spiro atoms. The molecule has 4 nitrogen and oxygen atoms in total. The lowest BCUT2D eigenvalue weighted by atomic mass is 9.92. The summed E-state index contributed by atoms with van der Waals surface area (Å²) in [6.45, 7) is 20.3. The normalized spacial score (nSPS) is 22.3. The Balaban J connectivity index is 1.64. The Kier molecular flexibility index (Phi) is 7.11. The molecule has 0 aromatic carbocycles. The number of piperazine rings is 1. The third-order valence-corrected chi connectivity index (χ3v) is 5.58. The monoisotopic (exact) mass is 337 g/mol. The van der Waals surface area contributed by atoms with Crippen LogP contribution in [0.2, 0.25) is 0 Å². The first-order valence-electron chi connectivity index (χ1n) is 9.98. The first-order chi connectivity index (χ1) is 11.2. The highest BCUT2D eigenvalue weighted by atomic mass is 16.2. The Hall–Kier alpha value is -0.610. The van der Waals surface area contributed by atoms with Crippen LogP contribution in [0.5, 0.6) is 0 Å². The summed E-state index contributed by atoms with van der Waals surface area (Å²) in [5, 5.41) is 0. The molecule has 0 aromatic heterocycles. The summed E-state index contributed by atoms with van der Waals surface area (Å²) in [6, 6.07) is 0. The van der Waals surface area contributed by atoms with Crippen LogP contribution in [-0.2, 0) is 4.79 Å². The molecule has 0 unspecified atom stereocenters. The van der Waals surface area contributed by atoms with Crippen LogP contribution >= 0.6 is 0 Å². The number of hydrogen-bond acceptors (Lipinski definition) is 3. The lowest BCUT2D eigenvalue weighted by Crippen LogP contribution is -2.49. The maximum Gasteiger partial charge on any atom is 0.225 e. The van der Waals surface area contributed by atoms with Gasteiger partial charge in [-0.1, -0.05) is 34.6 Å². The molecule has 0 saturated carbocycles. The highest BCUT2D eigenvalue weighted by molar-refractivity contribution is 5.78. The molecule has 2 aliphatic heterocycles. The molecule has 2 rings (SSSR count). The van der Waals surface area contributed by atoms with Gasteiger partial charge in [0.25, 0.3) is 0 Å². The van der Waals surface area contributed by atoms with Crippen LogP contribution < -0.4 is 0 Å². The molecular weight excluding hydrogens is 298 g/mol. The fraction of sp³-hybridized carbons (Fsp3) is 0.950. The third-order valence-electron chi connectivity index (χ3n) is 5.58. The highest BCUT2D eigenvalue weighted by Crippen LogP contribution is 2.22. The smallest absolute Gasteiger partial charge is 0.225 e. The molecule has 0 aliphatic carbocycles. The number of likely N-dealkylation sites (tertiary alicyclic amines) is 1. The number of carbonyl (C=O) groups is 1. The van der Waals surface area contributed by atoms with Crippen molar-refractivity contribution >= 4 is 5.91 Å². The quantitative estimate of drug-likeness (QED) is 0.772. The van der Waals surface area contributed by atoms with Crippen molar-refractivity contribution in [3.05, 3.63) is 0 Å². The van der Waals surface area contributed by atoms with Gasteiger partial charge in [-0.2, -0.15) is 0 Å². The van der Waals surface area contributed by atoms with E-state index in [1.807, 2.05) is 13.8 Å². The summed E-state index contributed by atoms with van der Waals surface area (Å²) in [4.78, 5) is 19.4. The van der Waals surface area contributed by atoms with Gasteiger partial charge >= 0.3 is 0 Å². The zero-order valence-electron chi connectivity index (χ0n) is 16.7. The first kappa shape index (κ1) is 19.7. The standard InChI is InChI=1S/C20H39N3O/c1-17(2)19(24)23-9-6-18(7-10-23)16-22-14-12-21(13-15-22)11-8-20(3,4)5/h17-18H,6-16H2,1-5H3. The number of rotatable bonds is 5. The Morgan fingerprint density at radius 2 is 1.50 bits per heavy atom.